The summed E-state index contributed by atoms with van der Waals surface area (Å²) in [4.78, 5) is 10.5. The molecule has 6 atom stereocenters. The monoisotopic (exact) mass is 352 g/mol. The van der Waals surface area contributed by atoms with Gasteiger partial charge < -0.3 is 46.4 Å². The molecule has 0 aromatic carbocycles. The number of nitrogens with two attached hydrogens (primary N) is 1. The number of ether oxygens (including phenoxy) is 1. The van der Waals surface area contributed by atoms with Crippen LogP contribution in [0.1, 0.15) is 25.7 Å². The number of nitrogens with one attached hydrogen (secondary N) is 1. The second-order valence-electron chi connectivity index (χ2n) is 6.05. The topological polar surface area (TPSA) is 186 Å². The van der Waals surface area contributed by atoms with Gasteiger partial charge in [-0.15, -0.1) is 0 Å². The summed E-state index contributed by atoms with van der Waals surface area (Å²) in [5.74, 6) is -3.11. The van der Waals surface area contributed by atoms with E-state index in [-0.39, 0.29) is 13.0 Å². The highest BCUT2D eigenvalue weighted by atomic mass is 16.7. The largest absolute Gasteiger partial charge is 0.480 e. The molecule has 1 fully saturated rings. The van der Waals surface area contributed by atoms with Crippen LogP contribution in [0.5, 0.6) is 0 Å². The average Bonchev–Trinajstić information content (AvgIpc) is 2.55. The van der Waals surface area contributed by atoms with Gasteiger partial charge in [-0.25, -0.2) is 0 Å². The van der Waals surface area contributed by atoms with Crippen molar-refractivity contribution in [1.29, 1.82) is 0 Å². The Labute approximate surface area is 139 Å². The summed E-state index contributed by atoms with van der Waals surface area (Å²) in [6.07, 6.45) is -4.40. The highest BCUT2D eigenvalue weighted by Crippen LogP contribution is 2.30. The van der Waals surface area contributed by atoms with E-state index in [1.165, 1.54) is 0 Å². The second kappa shape index (κ2) is 9.59. The highest BCUT2D eigenvalue weighted by Gasteiger charge is 2.52. The molecular weight excluding hydrogens is 324 g/mol. The molecule has 1 heterocycles. The fourth-order valence-electron chi connectivity index (χ4n) is 2.56. The number of hydrogen-bond donors (Lipinski definition) is 8. The van der Waals surface area contributed by atoms with Gasteiger partial charge in [0.2, 0.25) is 0 Å². The molecule has 0 aromatic rings. The standard InChI is InChI=1S/C14H28N2O8/c15-8(13(21)22)3-1-2-5-16-6-4-14(23)12(20)11(19)10(18)9(7-17)24-14/h8-12,16-20,23H,1-7,15H2,(H,21,22)/t8-,9+,10-,11-,12+,14-/m0/s1. The Morgan fingerprint density at radius 3 is 2.46 bits per heavy atom. The van der Waals surface area contributed by atoms with Crippen molar-refractivity contribution in [3.63, 3.8) is 0 Å². The van der Waals surface area contributed by atoms with Crippen molar-refractivity contribution in [2.75, 3.05) is 19.7 Å². The summed E-state index contributed by atoms with van der Waals surface area (Å²) in [5, 5.41) is 60.2. The SMILES string of the molecule is N[C@@H](CCCCNCC[C@]1(O)O[C@H](CO)[C@H](O)[C@H](O)[C@H]1O)C(=O)O. The minimum Gasteiger partial charge on any atom is -0.480 e. The third-order valence-corrected chi connectivity index (χ3v) is 4.15. The van der Waals surface area contributed by atoms with Gasteiger partial charge in [0, 0.05) is 13.0 Å². The minimum absolute atomic E-state index is 0.0664. The molecule has 0 unspecified atom stereocenters. The lowest BCUT2D eigenvalue weighted by atomic mass is 9.91. The van der Waals surface area contributed by atoms with Crippen LogP contribution >= 0.6 is 0 Å². The Bertz CT molecular complexity index is 397. The highest BCUT2D eigenvalue weighted by molar-refractivity contribution is 5.72. The van der Waals surface area contributed by atoms with Crippen LogP contribution in [0.15, 0.2) is 0 Å². The van der Waals surface area contributed by atoms with Crippen LogP contribution in [0.4, 0.5) is 0 Å². The van der Waals surface area contributed by atoms with Crippen LogP contribution in [0, 0.1) is 0 Å². The maximum Gasteiger partial charge on any atom is 0.320 e. The van der Waals surface area contributed by atoms with E-state index < -0.39 is 48.8 Å². The van der Waals surface area contributed by atoms with E-state index in [1.807, 2.05) is 0 Å². The first-order valence-electron chi connectivity index (χ1n) is 7.97. The molecule has 0 spiro atoms. The molecule has 0 bridgehead atoms. The lowest BCUT2D eigenvalue weighted by Gasteiger charge is -2.45. The predicted molar refractivity (Wildman–Crippen MR) is 81.9 cm³/mol. The molecule has 0 amide bonds. The predicted octanol–water partition coefficient (Wildman–Crippen LogP) is -3.29. The van der Waals surface area contributed by atoms with Gasteiger partial charge in [0.25, 0.3) is 0 Å². The van der Waals surface area contributed by atoms with Gasteiger partial charge in [0.1, 0.15) is 30.5 Å². The second-order valence-corrected chi connectivity index (χ2v) is 6.05. The molecule has 1 aliphatic heterocycles. The van der Waals surface area contributed by atoms with Crippen molar-refractivity contribution in [2.24, 2.45) is 5.73 Å². The molecule has 9 N–H and O–H groups in total. The number of carboxylic acids is 1. The molecule has 1 aliphatic rings. The minimum atomic E-state index is -2.08. The zero-order chi connectivity index (χ0) is 18.3. The first kappa shape index (κ1) is 21.2. The molecule has 24 heavy (non-hydrogen) atoms. The molecule has 0 aromatic heterocycles. The Morgan fingerprint density at radius 1 is 1.21 bits per heavy atom. The van der Waals surface area contributed by atoms with Crippen LogP contribution in [-0.2, 0) is 9.53 Å². The molecule has 0 saturated carbocycles. The Kier molecular flexibility index (Phi) is 8.46. The normalized spacial score (nSPS) is 34.9. The Hall–Kier alpha value is -0.850. The van der Waals surface area contributed by atoms with Gasteiger partial charge in [-0.3, -0.25) is 4.79 Å². The molecule has 0 radical (unpaired) electrons. The molecule has 1 rings (SSSR count). The van der Waals surface area contributed by atoms with E-state index in [9.17, 15) is 25.2 Å². The van der Waals surface area contributed by atoms with Gasteiger partial charge in [-0.1, -0.05) is 6.42 Å². The van der Waals surface area contributed by atoms with Crippen LogP contribution < -0.4 is 11.1 Å². The van der Waals surface area contributed by atoms with Crippen LogP contribution in [0.3, 0.4) is 0 Å². The van der Waals surface area contributed by atoms with Crippen LogP contribution in [0.25, 0.3) is 0 Å². The molecule has 1 saturated heterocycles. The number of rotatable bonds is 10. The van der Waals surface area contributed by atoms with Gasteiger partial charge in [-0.05, 0) is 19.4 Å². The van der Waals surface area contributed by atoms with Gasteiger partial charge in [-0.2, -0.15) is 0 Å². The third kappa shape index (κ3) is 5.60. The maximum atomic E-state index is 10.5. The van der Waals surface area contributed by atoms with Crippen molar-refractivity contribution in [3.8, 4) is 0 Å². The zero-order valence-electron chi connectivity index (χ0n) is 13.4. The van der Waals surface area contributed by atoms with Gasteiger partial charge in [0.05, 0.1) is 6.61 Å². The summed E-state index contributed by atoms with van der Waals surface area (Å²) >= 11 is 0. The number of unbranched alkanes of at least 4 members (excludes halogenated alkanes) is 1. The van der Waals surface area contributed by atoms with Crippen molar-refractivity contribution >= 4 is 5.97 Å². The smallest absolute Gasteiger partial charge is 0.320 e. The van der Waals surface area contributed by atoms with Crippen molar-refractivity contribution in [2.45, 2.75) is 61.9 Å². The number of hydrogen-bond acceptors (Lipinski definition) is 9. The quantitative estimate of drug-likeness (QED) is 0.185. The van der Waals surface area contributed by atoms with E-state index in [0.29, 0.717) is 25.8 Å². The van der Waals surface area contributed by atoms with E-state index in [1.54, 1.807) is 0 Å². The Morgan fingerprint density at radius 2 is 1.88 bits per heavy atom. The first-order valence-corrected chi connectivity index (χ1v) is 7.97. The van der Waals surface area contributed by atoms with E-state index >= 15 is 0 Å². The number of aliphatic carboxylic acids is 1. The maximum absolute atomic E-state index is 10.5. The van der Waals surface area contributed by atoms with E-state index in [2.05, 4.69) is 5.32 Å². The number of carbonyl (C=O) groups is 1. The van der Waals surface area contributed by atoms with Crippen LogP contribution in [-0.4, -0.2) is 92.5 Å². The lowest BCUT2D eigenvalue weighted by molar-refractivity contribution is -0.350. The number of aliphatic hydroxyl groups is 5. The Balaban J connectivity index is 2.29. The van der Waals surface area contributed by atoms with Gasteiger partial charge >= 0.3 is 5.97 Å². The number of carboxylic acid groups (broad SMARTS) is 1. The zero-order valence-corrected chi connectivity index (χ0v) is 13.4. The first-order chi connectivity index (χ1) is 11.2. The molecule has 10 heteroatoms. The summed E-state index contributed by atoms with van der Waals surface area (Å²) in [6, 6.07) is -0.875. The molecule has 10 nitrogen and oxygen atoms in total. The summed E-state index contributed by atoms with van der Waals surface area (Å²) in [5.41, 5.74) is 5.38. The third-order valence-electron chi connectivity index (χ3n) is 4.15. The molecule has 142 valence electrons. The van der Waals surface area contributed by atoms with Crippen molar-refractivity contribution in [3.05, 3.63) is 0 Å². The fraction of sp³-hybridized carbons (Fsp3) is 0.929. The molecular formula is C14H28N2O8. The van der Waals surface area contributed by atoms with Crippen LogP contribution in [0.2, 0.25) is 0 Å². The molecule has 0 aliphatic carbocycles. The van der Waals surface area contributed by atoms with Crippen molar-refractivity contribution in [1.82, 2.24) is 5.32 Å². The fourth-order valence-corrected chi connectivity index (χ4v) is 2.56. The number of aliphatic hydroxyl groups excluding tert-OH is 4. The average molecular weight is 352 g/mol. The summed E-state index contributed by atoms with van der Waals surface area (Å²) < 4.78 is 5.13. The van der Waals surface area contributed by atoms with Crippen molar-refractivity contribution < 1.29 is 40.2 Å². The van der Waals surface area contributed by atoms with Gasteiger partial charge in [0.15, 0.2) is 5.79 Å². The summed E-state index contributed by atoms with van der Waals surface area (Å²) in [6.45, 7) is 0.192. The van der Waals surface area contributed by atoms with E-state index in [4.69, 9.17) is 20.7 Å². The summed E-state index contributed by atoms with van der Waals surface area (Å²) in [7, 11) is 0. The van der Waals surface area contributed by atoms with E-state index in [0.717, 1.165) is 0 Å². The lowest BCUT2D eigenvalue weighted by Crippen LogP contribution is -2.65.